The summed E-state index contributed by atoms with van der Waals surface area (Å²) in [5.41, 5.74) is 5.10. The number of hydrogen-bond donors (Lipinski definition) is 2. The van der Waals surface area contributed by atoms with Crippen molar-refractivity contribution in [3.05, 3.63) is 0 Å². The second-order valence-electron chi connectivity index (χ2n) is 3.11. The molecule has 1 saturated heterocycles. The highest BCUT2D eigenvalue weighted by Crippen LogP contribution is 2.08. The van der Waals surface area contributed by atoms with Crippen molar-refractivity contribution in [2.75, 3.05) is 19.6 Å². The van der Waals surface area contributed by atoms with E-state index in [0.717, 1.165) is 0 Å². The number of carbonyl (C=O) groups is 2. The average molecular weight is 187 g/mol. The summed E-state index contributed by atoms with van der Waals surface area (Å²) in [6, 6.07) is -0.625. The van der Waals surface area contributed by atoms with Crippen LogP contribution in [0.4, 0.5) is 9.59 Å². The minimum Gasteiger partial charge on any atom is -0.465 e. The zero-order chi connectivity index (χ0) is 10.0. The molecule has 0 spiro atoms. The number of urea groups is 1. The molecule has 0 radical (unpaired) electrons. The molecular formula is C7H13N3O3. The molecule has 0 bridgehead atoms. The molecular weight excluding hydrogens is 174 g/mol. The van der Waals surface area contributed by atoms with E-state index in [4.69, 9.17) is 10.8 Å². The fourth-order valence-corrected chi connectivity index (χ4v) is 1.46. The average Bonchev–Trinajstić information content (AvgIpc) is 2.03. The van der Waals surface area contributed by atoms with Gasteiger partial charge in [0.1, 0.15) is 0 Å². The predicted octanol–water partition coefficient (Wildman–Crippen LogP) is -0.251. The first-order valence-corrected chi connectivity index (χ1v) is 4.06. The van der Waals surface area contributed by atoms with E-state index in [9.17, 15) is 9.59 Å². The Bertz CT molecular complexity index is 231. The lowest BCUT2D eigenvalue weighted by molar-refractivity contribution is 0.0911. The van der Waals surface area contributed by atoms with Crippen LogP contribution in [0.5, 0.6) is 0 Å². The minimum atomic E-state index is -0.948. The van der Waals surface area contributed by atoms with Gasteiger partial charge < -0.3 is 20.6 Å². The van der Waals surface area contributed by atoms with Gasteiger partial charge in [0.15, 0.2) is 0 Å². The minimum absolute atomic E-state index is 0.137. The number of carboxylic acid groups (broad SMARTS) is 1. The SMILES string of the molecule is CC1CN(C(=O)O)CCN1C(N)=O. The summed E-state index contributed by atoms with van der Waals surface area (Å²) >= 11 is 0. The van der Waals surface area contributed by atoms with Crippen LogP contribution < -0.4 is 5.73 Å². The molecule has 1 fully saturated rings. The number of hydrogen-bond acceptors (Lipinski definition) is 2. The molecule has 6 nitrogen and oxygen atoms in total. The molecule has 0 aromatic heterocycles. The summed E-state index contributed by atoms with van der Waals surface area (Å²) in [5, 5.41) is 8.67. The van der Waals surface area contributed by atoms with Gasteiger partial charge in [0.05, 0.1) is 0 Å². The molecule has 1 aliphatic rings. The van der Waals surface area contributed by atoms with Gasteiger partial charge in [0, 0.05) is 25.7 Å². The molecule has 0 aromatic carbocycles. The van der Waals surface area contributed by atoms with E-state index in [0.29, 0.717) is 19.6 Å². The van der Waals surface area contributed by atoms with Crippen LogP contribution in [0, 0.1) is 0 Å². The van der Waals surface area contributed by atoms with Gasteiger partial charge in [-0.05, 0) is 6.92 Å². The highest BCUT2D eigenvalue weighted by atomic mass is 16.4. The van der Waals surface area contributed by atoms with Crippen LogP contribution in [-0.4, -0.2) is 52.7 Å². The highest BCUT2D eigenvalue weighted by Gasteiger charge is 2.27. The number of nitrogens with two attached hydrogens (primary N) is 1. The number of rotatable bonds is 0. The van der Waals surface area contributed by atoms with E-state index in [1.165, 1.54) is 9.80 Å². The van der Waals surface area contributed by atoms with Gasteiger partial charge in [-0.15, -0.1) is 0 Å². The number of nitrogens with zero attached hydrogens (tertiary/aromatic N) is 2. The van der Waals surface area contributed by atoms with Crippen molar-refractivity contribution < 1.29 is 14.7 Å². The van der Waals surface area contributed by atoms with E-state index in [1.54, 1.807) is 6.92 Å². The van der Waals surface area contributed by atoms with Crippen LogP contribution in [0.1, 0.15) is 6.92 Å². The molecule has 3 N–H and O–H groups in total. The first-order chi connectivity index (χ1) is 6.02. The Morgan fingerprint density at radius 1 is 1.46 bits per heavy atom. The third kappa shape index (κ3) is 2.01. The quantitative estimate of drug-likeness (QED) is 0.548. The Kier molecular flexibility index (Phi) is 2.60. The summed E-state index contributed by atoms with van der Waals surface area (Å²) in [7, 11) is 0. The van der Waals surface area contributed by atoms with Crippen molar-refractivity contribution in [3.63, 3.8) is 0 Å². The molecule has 0 aromatic rings. The normalized spacial score (nSPS) is 23.0. The molecule has 0 aliphatic carbocycles. The number of piperazine rings is 1. The van der Waals surface area contributed by atoms with E-state index in [1.807, 2.05) is 0 Å². The number of amides is 3. The van der Waals surface area contributed by atoms with Crippen molar-refractivity contribution in [2.45, 2.75) is 13.0 Å². The molecule has 74 valence electrons. The maximum absolute atomic E-state index is 10.8. The molecule has 1 heterocycles. The Hall–Kier alpha value is -1.46. The van der Waals surface area contributed by atoms with Crippen molar-refractivity contribution in [1.29, 1.82) is 0 Å². The smallest absolute Gasteiger partial charge is 0.407 e. The summed E-state index contributed by atoms with van der Waals surface area (Å²) in [6.07, 6.45) is -0.948. The third-order valence-electron chi connectivity index (χ3n) is 2.18. The van der Waals surface area contributed by atoms with Crippen LogP contribution in [-0.2, 0) is 0 Å². The van der Waals surface area contributed by atoms with Crippen molar-refractivity contribution >= 4 is 12.1 Å². The van der Waals surface area contributed by atoms with Gasteiger partial charge in [-0.2, -0.15) is 0 Å². The maximum Gasteiger partial charge on any atom is 0.407 e. The summed E-state index contributed by atoms with van der Waals surface area (Å²) < 4.78 is 0. The third-order valence-corrected chi connectivity index (χ3v) is 2.18. The van der Waals surface area contributed by atoms with Crippen molar-refractivity contribution in [2.24, 2.45) is 5.73 Å². The molecule has 13 heavy (non-hydrogen) atoms. The van der Waals surface area contributed by atoms with E-state index in [2.05, 4.69) is 0 Å². The van der Waals surface area contributed by atoms with Crippen LogP contribution in [0.15, 0.2) is 0 Å². The lowest BCUT2D eigenvalue weighted by Crippen LogP contribution is -2.56. The fourth-order valence-electron chi connectivity index (χ4n) is 1.46. The van der Waals surface area contributed by atoms with Gasteiger partial charge in [-0.25, -0.2) is 9.59 Å². The van der Waals surface area contributed by atoms with Gasteiger partial charge in [-0.3, -0.25) is 0 Å². The topological polar surface area (TPSA) is 86.9 Å². The molecule has 1 atom stereocenters. The first kappa shape index (κ1) is 9.63. The summed E-state index contributed by atoms with van der Waals surface area (Å²) in [6.45, 7) is 2.82. The number of carbonyl (C=O) groups excluding carboxylic acids is 1. The predicted molar refractivity (Wildman–Crippen MR) is 45.3 cm³/mol. The first-order valence-electron chi connectivity index (χ1n) is 4.06. The monoisotopic (exact) mass is 187 g/mol. The van der Waals surface area contributed by atoms with Crippen LogP contribution in [0.25, 0.3) is 0 Å². The van der Waals surface area contributed by atoms with Crippen molar-refractivity contribution in [1.82, 2.24) is 9.80 Å². The molecule has 3 amide bonds. The van der Waals surface area contributed by atoms with Crippen LogP contribution in [0.2, 0.25) is 0 Å². The largest absolute Gasteiger partial charge is 0.465 e. The zero-order valence-electron chi connectivity index (χ0n) is 7.43. The lowest BCUT2D eigenvalue weighted by Gasteiger charge is -2.37. The van der Waals surface area contributed by atoms with E-state index < -0.39 is 12.1 Å². The Morgan fingerprint density at radius 2 is 2.08 bits per heavy atom. The Morgan fingerprint density at radius 3 is 2.46 bits per heavy atom. The van der Waals surface area contributed by atoms with Gasteiger partial charge in [-0.1, -0.05) is 0 Å². The summed E-state index contributed by atoms with van der Waals surface area (Å²) in [5.74, 6) is 0. The van der Waals surface area contributed by atoms with Gasteiger partial charge in [0.25, 0.3) is 0 Å². The van der Waals surface area contributed by atoms with Gasteiger partial charge >= 0.3 is 12.1 Å². The summed E-state index contributed by atoms with van der Waals surface area (Å²) in [4.78, 5) is 24.1. The van der Waals surface area contributed by atoms with Crippen LogP contribution in [0.3, 0.4) is 0 Å². The second kappa shape index (κ2) is 3.51. The second-order valence-corrected chi connectivity index (χ2v) is 3.11. The Labute approximate surface area is 75.9 Å². The Balaban J connectivity index is 2.56. The molecule has 1 unspecified atom stereocenters. The molecule has 1 aliphatic heterocycles. The lowest BCUT2D eigenvalue weighted by atomic mass is 10.2. The molecule has 0 saturated carbocycles. The fraction of sp³-hybridized carbons (Fsp3) is 0.714. The van der Waals surface area contributed by atoms with Gasteiger partial charge in [0.2, 0.25) is 0 Å². The maximum atomic E-state index is 10.8. The molecule has 1 rings (SSSR count). The van der Waals surface area contributed by atoms with Crippen LogP contribution >= 0.6 is 0 Å². The zero-order valence-corrected chi connectivity index (χ0v) is 7.43. The van der Waals surface area contributed by atoms with Crippen molar-refractivity contribution in [3.8, 4) is 0 Å². The van der Waals surface area contributed by atoms with E-state index in [-0.39, 0.29) is 6.04 Å². The molecule has 6 heteroatoms. The highest BCUT2D eigenvalue weighted by molar-refractivity contribution is 5.73. The number of primary amides is 1. The van der Waals surface area contributed by atoms with E-state index >= 15 is 0 Å². The standard InChI is InChI=1S/C7H13N3O3/c1-5-4-9(7(12)13)2-3-10(5)6(8)11/h5H,2-4H2,1H3,(H2,8,11)(H,12,13).